The number of piperidine rings is 1. The maximum absolute atomic E-state index is 13.3. The number of hydrogen-bond donors (Lipinski definition) is 1. The summed E-state index contributed by atoms with van der Waals surface area (Å²) in [6, 6.07) is 4.23. The quantitative estimate of drug-likeness (QED) is 0.855. The largest absolute Gasteiger partial charge is 0.342 e. The highest BCUT2D eigenvalue weighted by Gasteiger charge is 2.33. The Bertz CT molecular complexity index is 553. The molecule has 1 saturated heterocycles. The molecule has 0 aromatic heterocycles. The minimum atomic E-state index is -0.475. The van der Waals surface area contributed by atoms with E-state index >= 15 is 0 Å². The smallest absolute Gasteiger partial charge is 0.230 e. The molecule has 0 saturated carbocycles. The van der Waals surface area contributed by atoms with Crippen molar-refractivity contribution >= 4 is 17.5 Å². The standard InChI is InChI=1S/C15H17FN2O2/c16-10-4-5-11-12(9-14(19)17-13(11)8-10)15(20)18-6-2-1-3-7-18/h4-5,8,12H,1-3,6-7,9H2,(H,17,19). The van der Waals surface area contributed by atoms with Crippen molar-refractivity contribution in [3.8, 4) is 0 Å². The molecule has 20 heavy (non-hydrogen) atoms. The highest BCUT2D eigenvalue weighted by Crippen LogP contribution is 2.34. The third-order valence-electron chi connectivity index (χ3n) is 4.02. The third kappa shape index (κ3) is 2.40. The van der Waals surface area contributed by atoms with Gasteiger partial charge in [-0.05, 0) is 37.0 Å². The number of likely N-dealkylation sites (tertiary alicyclic amines) is 1. The number of amides is 2. The molecule has 106 valence electrons. The van der Waals surface area contributed by atoms with E-state index in [-0.39, 0.29) is 18.2 Å². The van der Waals surface area contributed by atoms with Gasteiger partial charge in [0, 0.05) is 25.2 Å². The SMILES string of the molecule is O=C1CC(C(=O)N2CCCCC2)c2ccc(F)cc2N1. The van der Waals surface area contributed by atoms with E-state index in [1.54, 1.807) is 6.07 Å². The zero-order valence-electron chi connectivity index (χ0n) is 11.2. The number of carbonyl (C=O) groups is 2. The molecule has 5 heteroatoms. The number of halogens is 1. The number of hydrogen-bond acceptors (Lipinski definition) is 2. The number of fused-ring (bicyclic) bond motifs is 1. The van der Waals surface area contributed by atoms with Crippen LogP contribution in [0.1, 0.15) is 37.2 Å². The van der Waals surface area contributed by atoms with E-state index in [9.17, 15) is 14.0 Å². The summed E-state index contributed by atoms with van der Waals surface area (Å²) in [5.41, 5.74) is 1.15. The fourth-order valence-corrected chi connectivity index (χ4v) is 2.99. The second-order valence-electron chi connectivity index (χ2n) is 5.42. The van der Waals surface area contributed by atoms with Crippen LogP contribution in [-0.2, 0) is 9.59 Å². The molecule has 1 atom stereocenters. The Kier molecular flexibility index (Phi) is 3.42. The molecule has 1 unspecified atom stereocenters. The molecule has 3 rings (SSSR count). The lowest BCUT2D eigenvalue weighted by Gasteiger charge is -2.32. The van der Waals surface area contributed by atoms with Crippen molar-refractivity contribution in [3.63, 3.8) is 0 Å². The van der Waals surface area contributed by atoms with E-state index < -0.39 is 11.7 Å². The summed E-state index contributed by atoms with van der Waals surface area (Å²) in [4.78, 5) is 26.2. The van der Waals surface area contributed by atoms with Crippen molar-refractivity contribution in [2.75, 3.05) is 18.4 Å². The van der Waals surface area contributed by atoms with Crippen LogP contribution in [0.2, 0.25) is 0 Å². The van der Waals surface area contributed by atoms with Crippen LogP contribution in [-0.4, -0.2) is 29.8 Å². The van der Waals surface area contributed by atoms with E-state index in [1.165, 1.54) is 12.1 Å². The lowest BCUT2D eigenvalue weighted by molar-refractivity contribution is -0.135. The number of carbonyl (C=O) groups excluding carboxylic acids is 2. The fourth-order valence-electron chi connectivity index (χ4n) is 2.99. The van der Waals surface area contributed by atoms with Crippen molar-refractivity contribution in [2.45, 2.75) is 31.6 Å². The monoisotopic (exact) mass is 276 g/mol. The molecule has 0 aliphatic carbocycles. The Morgan fingerprint density at radius 3 is 2.75 bits per heavy atom. The molecule has 0 radical (unpaired) electrons. The zero-order valence-corrected chi connectivity index (χ0v) is 11.2. The topological polar surface area (TPSA) is 49.4 Å². The molecular formula is C15H17FN2O2. The van der Waals surface area contributed by atoms with Crippen LogP contribution >= 0.6 is 0 Å². The minimum Gasteiger partial charge on any atom is -0.342 e. The number of benzene rings is 1. The van der Waals surface area contributed by atoms with Crippen molar-refractivity contribution < 1.29 is 14.0 Å². The zero-order chi connectivity index (χ0) is 14.1. The molecule has 2 aliphatic rings. The summed E-state index contributed by atoms with van der Waals surface area (Å²) in [5.74, 6) is -1.11. The van der Waals surface area contributed by atoms with Gasteiger partial charge >= 0.3 is 0 Å². The van der Waals surface area contributed by atoms with Crippen molar-refractivity contribution in [1.29, 1.82) is 0 Å². The van der Waals surface area contributed by atoms with Gasteiger partial charge in [-0.15, -0.1) is 0 Å². The van der Waals surface area contributed by atoms with Gasteiger partial charge in [-0.1, -0.05) is 6.07 Å². The lowest BCUT2D eigenvalue weighted by atomic mass is 9.88. The maximum Gasteiger partial charge on any atom is 0.230 e. The summed E-state index contributed by atoms with van der Waals surface area (Å²) in [5, 5.41) is 2.64. The molecule has 2 aliphatic heterocycles. The van der Waals surface area contributed by atoms with Gasteiger partial charge in [-0.3, -0.25) is 9.59 Å². The number of rotatable bonds is 1. The number of nitrogens with zero attached hydrogens (tertiary/aromatic N) is 1. The van der Waals surface area contributed by atoms with Crippen LogP contribution in [0.15, 0.2) is 18.2 Å². The van der Waals surface area contributed by atoms with Crippen LogP contribution in [0.3, 0.4) is 0 Å². The van der Waals surface area contributed by atoms with E-state index in [2.05, 4.69) is 5.32 Å². The van der Waals surface area contributed by atoms with Crippen LogP contribution < -0.4 is 5.32 Å². The molecular weight excluding hydrogens is 259 g/mol. The molecule has 4 nitrogen and oxygen atoms in total. The summed E-state index contributed by atoms with van der Waals surface area (Å²) in [7, 11) is 0. The maximum atomic E-state index is 13.3. The first-order chi connectivity index (χ1) is 9.65. The van der Waals surface area contributed by atoms with Crippen LogP contribution in [0.5, 0.6) is 0 Å². The van der Waals surface area contributed by atoms with Crippen LogP contribution in [0, 0.1) is 5.82 Å². The molecule has 2 amide bonds. The average Bonchev–Trinajstić information content (AvgIpc) is 2.46. The predicted molar refractivity (Wildman–Crippen MR) is 72.8 cm³/mol. The first-order valence-corrected chi connectivity index (χ1v) is 7.03. The number of nitrogens with one attached hydrogen (secondary N) is 1. The first-order valence-electron chi connectivity index (χ1n) is 7.03. The normalized spacial score (nSPS) is 22.1. The van der Waals surface area contributed by atoms with Crippen molar-refractivity contribution in [2.24, 2.45) is 0 Å². The van der Waals surface area contributed by atoms with Gasteiger partial charge in [-0.25, -0.2) is 4.39 Å². The van der Waals surface area contributed by atoms with Crippen LogP contribution in [0.4, 0.5) is 10.1 Å². The number of anilines is 1. The molecule has 1 aromatic rings. The Balaban J connectivity index is 1.90. The van der Waals surface area contributed by atoms with Gasteiger partial charge in [0.2, 0.25) is 11.8 Å². The summed E-state index contributed by atoms with van der Waals surface area (Å²) in [6.07, 6.45) is 3.33. The van der Waals surface area contributed by atoms with E-state index in [4.69, 9.17) is 0 Å². The van der Waals surface area contributed by atoms with Gasteiger partial charge in [0.05, 0.1) is 5.92 Å². The Morgan fingerprint density at radius 1 is 1.25 bits per heavy atom. The Morgan fingerprint density at radius 2 is 2.00 bits per heavy atom. The van der Waals surface area contributed by atoms with Crippen LogP contribution in [0.25, 0.3) is 0 Å². The first kappa shape index (κ1) is 13.1. The molecule has 0 bridgehead atoms. The molecule has 1 aromatic carbocycles. The molecule has 0 spiro atoms. The summed E-state index contributed by atoms with van der Waals surface area (Å²) >= 11 is 0. The highest BCUT2D eigenvalue weighted by atomic mass is 19.1. The lowest BCUT2D eigenvalue weighted by Crippen LogP contribution is -2.41. The van der Waals surface area contributed by atoms with Crippen molar-refractivity contribution in [1.82, 2.24) is 4.90 Å². The fraction of sp³-hybridized carbons (Fsp3) is 0.467. The van der Waals surface area contributed by atoms with Gasteiger partial charge in [0.1, 0.15) is 5.82 Å². The Labute approximate surface area is 117 Å². The van der Waals surface area contributed by atoms with Gasteiger partial charge < -0.3 is 10.2 Å². The molecule has 2 heterocycles. The summed E-state index contributed by atoms with van der Waals surface area (Å²) in [6.45, 7) is 1.51. The average molecular weight is 276 g/mol. The second-order valence-corrected chi connectivity index (χ2v) is 5.42. The second kappa shape index (κ2) is 5.23. The van der Waals surface area contributed by atoms with E-state index in [0.717, 1.165) is 37.9 Å². The molecule has 1 fully saturated rings. The summed E-state index contributed by atoms with van der Waals surface area (Å²) < 4.78 is 13.3. The van der Waals surface area contributed by atoms with Crippen molar-refractivity contribution in [3.05, 3.63) is 29.6 Å². The van der Waals surface area contributed by atoms with Gasteiger partial charge in [0.25, 0.3) is 0 Å². The van der Waals surface area contributed by atoms with E-state index in [1.807, 2.05) is 4.90 Å². The Hall–Kier alpha value is -1.91. The predicted octanol–water partition coefficient (Wildman–Crippen LogP) is 2.26. The minimum absolute atomic E-state index is 0.00703. The van der Waals surface area contributed by atoms with E-state index in [0.29, 0.717) is 5.69 Å². The van der Waals surface area contributed by atoms with Gasteiger partial charge in [0.15, 0.2) is 0 Å². The highest BCUT2D eigenvalue weighted by molar-refractivity contribution is 6.01. The van der Waals surface area contributed by atoms with Gasteiger partial charge in [-0.2, -0.15) is 0 Å². The molecule has 1 N–H and O–H groups in total. The third-order valence-corrected chi connectivity index (χ3v) is 4.02.